The molecule has 0 aliphatic carbocycles. The standard InChI is InChI=1S/C12H14N2O3S/c13-7-3-4-9(8(6-7)12(16)17)14-11(15)10-2-1-5-18-10/h3-4,6,10H,1-2,5,13H2,(H,14,15)(H,16,17). The molecule has 1 aliphatic rings. The maximum absolute atomic E-state index is 11.9. The number of nitrogen functional groups attached to an aromatic ring is 1. The number of aromatic carboxylic acids is 1. The van der Waals surface area contributed by atoms with Crippen molar-refractivity contribution < 1.29 is 14.7 Å². The fourth-order valence-electron chi connectivity index (χ4n) is 1.85. The van der Waals surface area contributed by atoms with E-state index in [0.717, 1.165) is 18.6 Å². The van der Waals surface area contributed by atoms with E-state index < -0.39 is 5.97 Å². The van der Waals surface area contributed by atoms with E-state index in [1.807, 2.05) is 0 Å². The summed E-state index contributed by atoms with van der Waals surface area (Å²) in [4.78, 5) is 23.0. The van der Waals surface area contributed by atoms with Crippen LogP contribution in [-0.2, 0) is 4.79 Å². The number of hydrogen-bond donors (Lipinski definition) is 3. The molecular formula is C12H14N2O3S. The fourth-order valence-corrected chi connectivity index (χ4v) is 3.01. The van der Waals surface area contributed by atoms with Crippen LogP contribution >= 0.6 is 11.8 Å². The van der Waals surface area contributed by atoms with E-state index in [0.29, 0.717) is 11.4 Å². The first-order valence-electron chi connectivity index (χ1n) is 5.63. The molecule has 1 amide bonds. The number of carbonyl (C=O) groups excluding carboxylic acids is 1. The molecule has 1 aliphatic heterocycles. The zero-order valence-electron chi connectivity index (χ0n) is 9.68. The van der Waals surface area contributed by atoms with E-state index in [4.69, 9.17) is 10.8 Å². The molecule has 6 heteroatoms. The van der Waals surface area contributed by atoms with Crippen molar-refractivity contribution >= 4 is 35.0 Å². The number of amides is 1. The van der Waals surface area contributed by atoms with Crippen molar-refractivity contribution in [2.24, 2.45) is 0 Å². The minimum absolute atomic E-state index is 0.0198. The van der Waals surface area contributed by atoms with Crippen LogP contribution in [0.25, 0.3) is 0 Å². The first-order valence-corrected chi connectivity index (χ1v) is 6.68. The summed E-state index contributed by atoms with van der Waals surface area (Å²) in [6.07, 6.45) is 1.87. The second-order valence-electron chi connectivity index (χ2n) is 4.10. The zero-order valence-corrected chi connectivity index (χ0v) is 10.5. The van der Waals surface area contributed by atoms with Crippen LogP contribution in [0.1, 0.15) is 23.2 Å². The third-order valence-corrected chi connectivity index (χ3v) is 4.13. The first-order chi connectivity index (χ1) is 8.58. The quantitative estimate of drug-likeness (QED) is 0.725. The Labute approximate surface area is 109 Å². The number of carbonyl (C=O) groups is 2. The topological polar surface area (TPSA) is 92.4 Å². The number of benzene rings is 1. The number of carboxylic acid groups (broad SMARTS) is 1. The first kappa shape index (κ1) is 12.8. The second kappa shape index (κ2) is 5.30. The number of thioether (sulfide) groups is 1. The lowest BCUT2D eigenvalue weighted by atomic mass is 10.1. The largest absolute Gasteiger partial charge is 0.478 e. The molecule has 1 atom stereocenters. The van der Waals surface area contributed by atoms with Gasteiger partial charge in [-0.1, -0.05) is 0 Å². The number of carboxylic acids is 1. The van der Waals surface area contributed by atoms with E-state index in [1.165, 1.54) is 12.1 Å². The van der Waals surface area contributed by atoms with E-state index in [2.05, 4.69) is 5.32 Å². The molecule has 4 N–H and O–H groups in total. The van der Waals surface area contributed by atoms with E-state index in [9.17, 15) is 9.59 Å². The Hall–Kier alpha value is -1.69. The maximum Gasteiger partial charge on any atom is 0.337 e. The van der Waals surface area contributed by atoms with Crippen molar-refractivity contribution in [1.29, 1.82) is 0 Å². The monoisotopic (exact) mass is 266 g/mol. The third kappa shape index (κ3) is 2.76. The van der Waals surface area contributed by atoms with Gasteiger partial charge in [-0.15, -0.1) is 11.8 Å². The van der Waals surface area contributed by atoms with Gasteiger partial charge in [-0.05, 0) is 36.8 Å². The Bertz CT molecular complexity index is 484. The molecule has 2 rings (SSSR count). The van der Waals surface area contributed by atoms with Crippen LogP contribution in [0.3, 0.4) is 0 Å². The van der Waals surface area contributed by atoms with Gasteiger partial charge in [0.05, 0.1) is 16.5 Å². The van der Waals surface area contributed by atoms with Crippen molar-refractivity contribution in [3.8, 4) is 0 Å². The average molecular weight is 266 g/mol. The number of nitrogens with two attached hydrogens (primary N) is 1. The lowest BCUT2D eigenvalue weighted by Gasteiger charge is -2.12. The van der Waals surface area contributed by atoms with Crippen LogP contribution in [0.4, 0.5) is 11.4 Å². The SMILES string of the molecule is Nc1ccc(NC(=O)C2CCCS2)c(C(=O)O)c1. The Morgan fingerprint density at radius 3 is 2.83 bits per heavy atom. The van der Waals surface area contributed by atoms with Crippen LogP contribution in [-0.4, -0.2) is 28.0 Å². The van der Waals surface area contributed by atoms with Gasteiger partial charge in [0.15, 0.2) is 0 Å². The van der Waals surface area contributed by atoms with Gasteiger partial charge < -0.3 is 16.2 Å². The zero-order chi connectivity index (χ0) is 13.1. The predicted octanol–water partition coefficient (Wildman–Crippen LogP) is 1.80. The van der Waals surface area contributed by atoms with Gasteiger partial charge in [-0.2, -0.15) is 0 Å². The summed E-state index contributed by atoms with van der Waals surface area (Å²) < 4.78 is 0. The van der Waals surface area contributed by atoms with Gasteiger partial charge in [0.25, 0.3) is 0 Å². The molecule has 0 radical (unpaired) electrons. The molecule has 5 nitrogen and oxygen atoms in total. The minimum Gasteiger partial charge on any atom is -0.478 e. The van der Waals surface area contributed by atoms with Gasteiger partial charge in [0.2, 0.25) is 5.91 Å². The number of nitrogens with one attached hydrogen (secondary N) is 1. The summed E-state index contributed by atoms with van der Waals surface area (Å²) in [6, 6.07) is 4.44. The van der Waals surface area contributed by atoms with Crippen molar-refractivity contribution in [2.45, 2.75) is 18.1 Å². The highest BCUT2D eigenvalue weighted by atomic mass is 32.2. The molecule has 0 spiro atoms. The van der Waals surface area contributed by atoms with E-state index in [-0.39, 0.29) is 16.7 Å². The van der Waals surface area contributed by atoms with Crippen LogP contribution in [0, 0.1) is 0 Å². The molecule has 18 heavy (non-hydrogen) atoms. The van der Waals surface area contributed by atoms with E-state index >= 15 is 0 Å². The van der Waals surface area contributed by atoms with Crippen molar-refractivity contribution in [3.05, 3.63) is 23.8 Å². The average Bonchev–Trinajstić information content (AvgIpc) is 2.84. The molecule has 1 fully saturated rings. The molecule has 1 aromatic rings. The molecule has 0 aromatic heterocycles. The van der Waals surface area contributed by atoms with Crippen LogP contribution in [0.2, 0.25) is 0 Å². The summed E-state index contributed by atoms with van der Waals surface area (Å²) >= 11 is 1.60. The summed E-state index contributed by atoms with van der Waals surface area (Å²) in [5.74, 6) is -0.257. The third-order valence-electron chi connectivity index (χ3n) is 2.75. The summed E-state index contributed by atoms with van der Waals surface area (Å²) in [5.41, 5.74) is 6.22. The van der Waals surface area contributed by atoms with Crippen molar-refractivity contribution in [1.82, 2.24) is 0 Å². The van der Waals surface area contributed by atoms with Gasteiger partial charge in [-0.25, -0.2) is 4.79 Å². The van der Waals surface area contributed by atoms with Crippen LogP contribution in [0.15, 0.2) is 18.2 Å². The highest BCUT2D eigenvalue weighted by Gasteiger charge is 2.24. The lowest BCUT2D eigenvalue weighted by molar-refractivity contribution is -0.115. The number of anilines is 2. The number of hydrogen-bond acceptors (Lipinski definition) is 4. The lowest BCUT2D eigenvalue weighted by Crippen LogP contribution is -2.24. The number of rotatable bonds is 3. The highest BCUT2D eigenvalue weighted by Crippen LogP contribution is 2.28. The molecule has 0 saturated carbocycles. The normalized spacial score (nSPS) is 18.6. The Balaban J connectivity index is 2.17. The summed E-state index contributed by atoms with van der Waals surface area (Å²) in [5, 5.41) is 11.6. The van der Waals surface area contributed by atoms with Gasteiger partial charge in [-0.3, -0.25) is 4.79 Å². The maximum atomic E-state index is 11.9. The molecule has 96 valence electrons. The van der Waals surface area contributed by atoms with Crippen molar-refractivity contribution in [3.63, 3.8) is 0 Å². The molecule has 1 heterocycles. The smallest absolute Gasteiger partial charge is 0.337 e. The summed E-state index contributed by atoms with van der Waals surface area (Å²) in [6.45, 7) is 0. The molecule has 0 bridgehead atoms. The molecule has 1 unspecified atom stereocenters. The minimum atomic E-state index is -1.10. The van der Waals surface area contributed by atoms with Crippen LogP contribution in [0.5, 0.6) is 0 Å². The van der Waals surface area contributed by atoms with Gasteiger partial charge in [0, 0.05) is 5.69 Å². The predicted molar refractivity (Wildman–Crippen MR) is 71.9 cm³/mol. The highest BCUT2D eigenvalue weighted by molar-refractivity contribution is 8.00. The molecule has 1 aromatic carbocycles. The molecule has 1 saturated heterocycles. The second-order valence-corrected chi connectivity index (χ2v) is 5.41. The van der Waals surface area contributed by atoms with Crippen LogP contribution < -0.4 is 11.1 Å². The fraction of sp³-hybridized carbons (Fsp3) is 0.333. The molecular weight excluding hydrogens is 252 g/mol. The van der Waals surface area contributed by atoms with Gasteiger partial charge >= 0.3 is 5.97 Å². The summed E-state index contributed by atoms with van der Waals surface area (Å²) in [7, 11) is 0. The Morgan fingerprint density at radius 1 is 1.44 bits per heavy atom. The Kier molecular flexibility index (Phi) is 3.76. The van der Waals surface area contributed by atoms with Gasteiger partial charge in [0.1, 0.15) is 0 Å². The Morgan fingerprint density at radius 2 is 2.22 bits per heavy atom. The van der Waals surface area contributed by atoms with E-state index in [1.54, 1.807) is 17.8 Å². The van der Waals surface area contributed by atoms with Crippen molar-refractivity contribution in [2.75, 3.05) is 16.8 Å².